The molecule has 3 aromatic carbocycles. The van der Waals surface area contributed by atoms with Crippen molar-refractivity contribution in [2.75, 3.05) is 19.5 Å². The van der Waals surface area contributed by atoms with Crippen LogP contribution in [-0.4, -0.2) is 20.1 Å². The van der Waals surface area contributed by atoms with E-state index in [0.29, 0.717) is 22.2 Å². The van der Waals surface area contributed by atoms with Crippen molar-refractivity contribution in [2.24, 2.45) is 0 Å². The summed E-state index contributed by atoms with van der Waals surface area (Å²) in [7, 11) is 3.03. The van der Waals surface area contributed by atoms with Crippen LogP contribution in [0.1, 0.15) is 5.56 Å². The highest BCUT2D eigenvalue weighted by molar-refractivity contribution is 6.32. The molecule has 0 heterocycles. The van der Waals surface area contributed by atoms with Crippen molar-refractivity contribution in [1.29, 1.82) is 0 Å². The lowest BCUT2D eigenvalue weighted by molar-refractivity contribution is -0.111. The van der Waals surface area contributed by atoms with E-state index in [1.165, 1.54) is 20.3 Å². The SMILES string of the molecule is COc1cc(NC(=O)/C=C/c2cccc3ccccc23)c(OC)cc1Cl. The van der Waals surface area contributed by atoms with Crippen molar-refractivity contribution >= 4 is 40.0 Å². The Hall–Kier alpha value is -2.98. The van der Waals surface area contributed by atoms with Gasteiger partial charge in [0.1, 0.15) is 11.5 Å². The highest BCUT2D eigenvalue weighted by Gasteiger charge is 2.11. The fraction of sp³-hybridized carbons (Fsp3) is 0.0952. The van der Waals surface area contributed by atoms with E-state index in [1.54, 1.807) is 18.2 Å². The van der Waals surface area contributed by atoms with Gasteiger partial charge in [0.2, 0.25) is 5.91 Å². The van der Waals surface area contributed by atoms with E-state index in [2.05, 4.69) is 5.32 Å². The number of hydrogen-bond donors (Lipinski definition) is 1. The van der Waals surface area contributed by atoms with Gasteiger partial charge in [-0.15, -0.1) is 0 Å². The van der Waals surface area contributed by atoms with Crippen molar-refractivity contribution in [3.8, 4) is 11.5 Å². The number of nitrogens with one attached hydrogen (secondary N) is 1. The first kappa shape index (κ1) is 17.8. The number of halogens is 1. The van der Waals surface area contributed by atoms with Gasteiger partial charge in [0.15, 0.2) is 0 Å². The van der Waals surface area contributed by atoms with Crippen LogP contribution in [-0.2, 0) is 4.79 Å². The van der Waals surface area contributed by atoms with Crippen molar-refractivity contribution in [3.05, 3.63) is 71.3 Å². The minimum Gasteiger partial charge on any atom is -0.495 e. The summed E-state index contributed by atoms with van der Waals surface area (Å²) < 4.78 is 10.5. The number of benzene rings is 3. The number of fused-ring (bicyclic) bond motifs is 1. The number of anilines is 1. The molecule has 1 amide bonds. The highest BCUT2D eigenvalue weighted by Crippen LogP contribution is 2.35. The third-order valence-electron chi connectivity index (χ3n) is 3.97. The molecule has 0 unspecified atom stereocenters. The van der Waals surface area contributed by atoms with Gasteiger partial charge in [0.05, 0.1) is 24.9 Å². The minimum atomic E-state index is -0.277. The van der Waals surface area contributed by atoms with Crippen LogP contribution in [0.15, 0.2) is 60.7 Å². The van der Waals surface area contributed by atoms with Crippen molar-refractivity contribution in [3.63, 3.8) is 0 Å². The van der Waals surface area contributed by atoms with E-state index in [-0.39, 0.29) is 5.91 Å². The maximum Gasteiger partial charge on any atom is 0.248 e. The van der Waals surface area contributed by atoms with Gasteiger partial charge >= 0.3 is 0 Å². The van der Waals surface area contributed by atoms with Crippen LogP contribution in [0.4, 0.5) is 5.69 Å². The molecule has 0 aromatic heterocycles. The molecule has 0 radical (unpaired) electrons. The average Bonchev–Trinajstić information content (AvgIpc) is 2.67. The molecule has 0 saturated carbocycles. The number of amides is 1. The Bertz CT molecular complexity index is 977. The van der Waals surface area contributed by atoms with E-state index in [4.69, 9.17) is 21.1 Å². The van der Waals surface area contributed by atoms with E-state index >= 15 is 0 Å². The summed E-state index contributed by atoms with van der Waals surface area (Å²) in [5.74, 6) is 0.643. The van der Waals surface area contributed by atoms with Gasteiger partial charge in [0, 0.05) is 18.2 Å². The molecular formula is C21H18ClNO3. The van der Waals surface area contributed by atoms with Gasteiger partial charge in [-0.2, -0.15) is 0 Å². The van der Waals surface area contributed by atoms with Gasteiger partial charge in [-0.05, 0) is 22.4 Å². The third-order valence-corrected chi connectivity index (χ3v) is 4.26. The largest absolute Gasteiger partial charge is 0.495 e. The summed E-state index contributed by atoms with van der Waals surface area (Å²) in [6.07, 6.45) is 3.28. The number of ether oxygens (including phenoxy) is 2. The molecule has 3 aromatic rings. The minimum absolute atomic E-state index is 0.277. The monoisotopic (exact) mass is 367 g/mol. The highest BCUT2D eigenvalue weighted by atomic mass is 35.5. The lowest BCUT2D eigenvalue weighted by Gasteiger charge is -2.12. The molecule has 3 rings (SSSR count). The molecule has 0 atom stereocenters. The summed E-state index contributed by atoms with van der Waals surface area (Å²) >= 11 is 6.08. The first-order valence-electron chi connectivity index (χ1n) is 8.00. The molecule has 132 valence electrons. The smallest absolute Gasteiger partial charge is 0.248 e. The lowest BCUT2D eigenvalue weighted by atomic mass is 10.0. The van der Waals surface area contributed by atoms with Crippen LogP contribution in [0.5, 0.6) is 11.5 Å². The predicted molar refractivity (Wildman–Crippen MR) is 106 cm³/mol. The van der Waals surface area contributed by atoms with Gasteiger partial charge in [-0.25, -0.2) is 0 Å². The zero-order valence-corrected chi connectivity index (χ0v) is 15.2. The van der Waals surface area contributed by atoms with E-state index in [1.807, 2.05) is 42.5 Å². The standard InChI is InChI=1S/C21H18ClNO3/c1-25-19-13-18(20(26-2)12-17(19)22)23-21(24)11-10-15-8-5-7-14-6-3-4-9-16(14)15/h3-13H,1-2H3,(H,23,24)/b11-10+. The van der Waals surface area contributed by atoms with E-state index in [9.17, 15) is 4.79 Å². The number of carbonyl (C=O) groups is 1. The summed E-state index contributed by atoms with van der Waals surface area (Å²) in [5, 5.41) is 5.42. The Morgan fingerprint density at radius 1 is 1.00 bits per heavy atom. The number of hydrogen-bond acceptors (Lipinski definition) is 3. The summed E-state index contributed by atoms with van der Waals surface area (Å²) in [6, 6.07) is 17.2. The molecular weight excluding hydrogens is 350 g/mol. The normalized spacial score (nSPS) is 10.9. The molecule has 0 saturated heterocycles. The van der Waals surface area contributed by atoms with Gasteiger partial charge in [-0.3, -0.25) is 4.79 Å². The van der Waals surface area contributed by atoms with Gasteiger partial charge in [0.25, 0.3) is 0 Å². The Morgan fingerprint density at radius 3 is 2.50 bits per heavy atom. The molecule has 0 bridgehead atoms. The second-order valence-electron chi connectivity index (χ2n) is 5.58. The molecule has 0 aliphatic carbocycles. The predicted octanol–water partition coefficient (Wildman–Crippen LogP) is 5.16. The number of carbonyl (C=O) groups excluding carboxylic acids is 1. The molecule has 0 aliphatic heterocycles. The van der Waals surface area contributed by atoms with Crippen LogP contribution >= 0.6 is 11.6 Å². The zero-order valence-electron chi connectivity index (χ0n) is 14.5. The Kier molecular flexibility index (Phi) is 5.44. The van der Waals surface area contributed by atoms with Crippen LogP contribution < -0.4 is 14.8 Å². The zero-order chi connectivity index (χ0) is 18.5. The molecule has 0 aliphatic rings. The first-order valence-corrected chi connectivity index (χ1v) is 8.38. The van der Waals surface area contributed by atoms with Crippen molar-refractivity contribution in [1.82, 2.24) is 0 Å². The Morgan fingerprint density at radius 2 is 1.73 bits per heavy atom. The fourth-order valence-corrected chi connectivity index (χ4v) is 2.92. The van der Waals surface area contributed by atoms with Crippen LogP contribution in [0, 0.1) is 0 Å². The Labute approximate surface area is 157 Å². The van der Waals surface area contributed by atoms with Crippen LogP contribution in [0.3, 0.4) is 0 Å². The molecule has 1 N–H and O–H groups in total. The summed E-state index contributed by atoms with van der Waals surface area (Å²) in [6.45, 7) is 0. The van der Waals surface area contributed by atoms with Gasteiger partial charge < -0.3 is 14.8 Å². The fourth-order valence-electron chi connectivity index (χ4n) is 2.69. The third kappa shape index (κ3) is 3.81. The second kappa shape index (κ2) is 7.93. The molecule has 4 nitrogen and oxygen atoms in total. The second-order valence-corrected chi connectivity index (χ2v) is 5.99. The van der Waals surface area contributed by atoms with Crippen LogP contribution in [0.25, 0.3) is 16.8 Å². The van der Waals surface area contributed by atoms with E-state index < -0.39 is 0 Å². The lowest BCUT2D eigenvalue weighted by Crippen LogP contribution is -2.09. The molecule has 26 heavy (non-hydrogen) atoms. The summed E-state index contributed by atoms with van der Waals surface area (Å²) in [4.78, 5) is 12.3. The quantitative estimate of drug-likeness (QED) is 0.633. The number of methoxy groups -OCH3 is 2. The van der Waals surface area contributed by atoms with Crippen LogP contribution in [0.2, 0.25) is 5.02 Å². The van der Waals surface area contributed by atoms with Crippen molar-refractivity contribution < 1.29 is 14.3 Å². The number of rotatable bonds is 5. The first-order chi connectivity index (χ1) is 12.6. The Balaban J connectivity index is 1.84. The van der Waals surface area contributed by atoms with Gasteiger partial charge in [-0.1, -0.05) is 54.1 Å². The van der Waals surface area contributed by atoms with Crippen molar-refractivity contribution in [2.45, 2.75) is 0 Å². The molecule has 5 heteroatoms. The topological polar surface area (TPSA) is 47.6 Å². The summed E-state index contributed by atoms with van der Waals surface area (Å²) in [5.41, 5.74) is 1.46. The maximum atomic E-state index is 12.3. The molecule has 0 fully saturated rings. The average molecular weight is 368 g/mol. The molecule has 0 spiro atoms. The van der Waals surface area contributed by atoms with E-state index in [0.717, 1.165) is 16.3 Å². The maximum absolute atomic E-state index is 12.3.